The third-order valence-corrected chi connectivity index (χ3v) is 4.62. The van der Waals surface area contributed by atoms with E-state index < -0.39 is 0 Å². The minimum absolute atomic E-state index is 0.0960. The Labute approximate surface area is 140 Å². The molecule has 0 saturated heterocycles. The number of anilines is 1. The van der Waals surface area contributed by atoms with E-state index in [0.29, 0.717) is 17.0 Å². The molecule has 1 amide bonds. The molecule has 0 aromatic heterocycles. The van der Waals surface area contributed by atoms with Crippen LogP contribution >= 0.6 is 11.8 Å². The van der Waals surface area contributed by atoms with E-state index >= 15 is 0 Å². The summed E-state index contributed by atoms with van der Waals surface area (Å²) in [5.74, 6) is 0.485. The molecular formula is C18H20FNO2S. The van der Waals surface area contributed by atoms with Crippen molar-refractivity contribution in [2.45, 2.75) is 19.1 Å². The Morgan fingerprint density at radius 1 is 1.30 bits per heavy atom. The fourth-order valence-electron chi connectivity index (χ4n) is 2.20. The molecule has 2 rings (SSSR count). The molecule has 3 nitrogen and oxygen atoms in total. The van der Waals surface area contributed by atoms with Gasteiger partial charge < -0.3 is 10.1 Å². The second kappa shape index (κ2) is 8.02. The lowest BCUT2D eigenvalue weighted by molar-refractivity contribution is -0.113. The summed E-state index contributed by atoms with van der Waals surface area (Å²) in [4.78, 5) is 12.1. The van der Waals surface area contributed by atoms with Crippen LogP contribution in [0, 0.1) is 12.7 Å². The number of ether oxygens (including phenoxy) is 1. The number of halogens is 1. The molecule has 0 aliphatic carbocycles. The number of rotatable bonds is 6. The third-order valence-electron chi connectivity index (χ3n) is 3.44. The number of amides is 1. The van der Waals surface area contributed by atoms with Crippen LogP contribution in [0.1, 0.15) is 23.3 Å². The first-order valence-electron chi connectivity index (χ1n) is 7.31. The van der Waals surface area contributed by atoms with Gasteiger partial charge in [0.25, 0.3) is 0 Å². The predicted molar refractivity (Wildman–Crippen MR) is 93.6 cm³/mol. The number of hydrogen-bond acceptors (Lipinski definition) is 3. The molecule has 0 fully saturated rings. The predicted octanol–water partition coefficient (Wildman–Crippen LogP) is 4.58. The molecule has 122 valence electrons. The van der Waals surface area contributed by atoms with Crippen LogP contribution in [0.4, 0.5) is 10.1 Å². The van der Waals surface area contributed by atoms with Gasteiger partial charge in [0.15, 0.2) is 0 Å². The van der Waals surface area contributed by atoms with Crippen LogP contribution in [0.5, 0.6) is 5.75 Å². The molecule has 0 aliphatic heterocycles. The molecule has 2 aromatic carbocycles. The first-order chi connectivity index (χ1) is 11.0. The van der Waals surface area contributed by atoms with Crippen LogP contribution in [-0.2, 0) is 4.79 Å². The van der Waals surface area contributed by atoms with E-state index in [4.69, 9.17) is 4.74 Å². The normalized spacial score (nSPS) is 11.8. The number of aryl methyl sites for hydroxylation is 1. The van der Waals surface area contributed by atoms with Gasteiger partial charge in [0.1, 0.15) is 11.6 Å². The van der Waals surface area contributed by atoms with Gasteiger partial charge in [-0.05, 0) is 37.6 Å². The lowest BCUT2D eigenvalue weighted by atomic mass is 10.1. The van der Waals surface area contributed by atoms with Crippen LogP contribution < -0.4 is 10.1 Å². The van der Waals surface area contributed by atoms with Crippen molar-refractivity contribution in [2.75, 3.05) is 18.2 Å². The maximum Gasteiger partial charge on any atom is 0.234 e. The average molecular weight is 333 g/mol. The first-order valence-corrected chi connectivity index (χ1v) is 8.36. The Bertz CT molecular complexity index is 690. The van der Waals surface area contributed by atoms with E-state index in [9.17, 15) is 9.18 Å². The highest BCUT2D eigenvalue weighted by Gasteiger charge is 2.14. The molecule has 0 aliphatic rings. The second-order valence-electron chi connectivity index (χ2n) is 5.23. The number of benzene rings is 2. The smallest absolute Gasteiger partial charge is 0.234 e. The van der Waals surface area contributed by atoms with Crippen molar-refractivity contribution in [1.29, 1.82) is 0 Å². The summed E-state index contributed by atoms with van der Waals surface area (Å²) in [6.45, 7) is 3.84. The first kappa shape index (κ1) is 17.3. The topological polar surface area (TPSA) is 38.3 Å². The monoisotopic (exact) mass is 333 g/mol. The summed E-state index contributed by atoms with van der Waals surface area (Å²) in [6, 6.07) is 12.2. The fourth-order valence-corrected chi connectivity index (χ4v) is 3.05. The summed E-state index contributed by atoms with van der Waals surface area (Å²) >= 11 is 1.40. The highest BCUT2D eigenvalue weighted by Crippen LogP contribution is 2.30. The zero-order valence-corrected chi connectivity index (χ0v) is 14.2. The van der Waals surface area contributed by atoms with Crippen LogP contribution in [-0.4, -0.2) is 18.8 Å². The quantitative estimate of drug-likeness (QED) is 0.841. The lowest BCUT2D eigenvalue weighted by Gasteiger charge is -2.14. The molecule has 0 heterocycles. The van der Waals surface area contributed by atoms with E-state index in [2.05, 4.69) is 5.32 Å². The summed E-state index contributed by atoms with van der Waals surface area (Å²) < 4.78 is 19.0. The molecule has 23 heavy (non-hydrogen) atoms. The van der Waals surface area contributed by atoms with Crippen molar-refractivity contribution in [1.82, 2.24) is 0 Å². The molecule has 0 saturated carbocycles. The van der Waals surface area contributed by atoms with Crippen molar-refractivity contribution in [3.05, 3.63) is 59.4 Å². The van der Waals surface area contributed by atoms with Crippen molar-refractivity contribution >= 4 is 23.4 Å². The zero-order valence-electron chi connectivity index (χ0n) is 13.4. The van der Waals surface area contributed by atoms with Crippen LogP contribution in [0.25, 0.3) is 0 Å². The van der Waals surface area contributed by atoms with E-state index in [-0.39, 0.29) is 22.7 Å². The minimum atomic E-state index is -0.242. The van der Waals surface area contributed by atoms with E-state index in [1.807, 2.05) is 32.0 Å². The van der Waals surface area contributed by atoms with Crippen molar-refractivity contribution in [3.8, 4) is 5.75 Å². The van der Waals surface area contributed by atoms with Gasteiger partial charge in [-0.15, -0.1) is 11.8 Å². The van der Waals surface area contributed by atoms with Crippen LogP contribution in [0.3, 0.4) is 0 Å². The van der Waals surface area contributed by atoms with Crippen molar-refractivity contribution in [2.24, 2.45) is 0 Å². The average Bonchev–Trinajstić information content (AvgIpc) is 2.53. The largest absolute Gasteiger partial charge is 0.495 e. The molecule has 0 spiro atoms. The molecule has 0 radical (unpaired) electrons. The summed E-state index contributed by atoms with van der Waals surface area (Å²) in [5, 5.41) is 2.75. The maximum absolute atomic E-state index is 13.7. The Hall–Kier alpha value is -2.01. The molecule has 5 heteroatoms. The molecule has 0 bridgehead atoms. The number of hydrogen-bond donors (Lipinski definition) is 1. The van der Waals surface area contributed by atoms with Gasteiger partial charge in [-0.25, -0.2) is 4.39 Å². The van der Waals surface area contributed by atoms with Gasteiger partial charge in [-0.1, -0.05) is 24.3 Å². The van der Waals surface area contributed by atoms with Gasteiger partial charge in [0, 0.05) is 10.8 Å². The van der Waals surface area contributed by atoms with E-state index in [1.54, 1.807) is 25.3 Å². The molecule has 2 aromatic rings. The van der Waals surface area contributed by atoms with Crippen LogP contribution in [0.15, 0.2) is 42.5 Å². The minimum Gasteiger partial charge on any atom is -0.495 e. The SMILES string of the molecule is COc1ccc(C)cc1NC(=O)CSC(C)c1ccccc1F. The Morgan fingerprint density at radius 2 is 2.04 bits per heavy atom. The van der Waals surface area contributed by atoms with Gasteiger partial charge in [-0.3, -0.25) is 4.79 Å². The number of carbonyl (C=O) groups excluding carboxylic acids is 1. The Kier molecular flexibility index (Phi) is 6.04. The van der Waals surface area contributed by atoms with Gasteiger partial charge in [-0.2, -0.15) is 0 Å². The molecule has 1 N–H and O–H groups in total. The molecule has 1 atom stereocenters. The molecular weight excluding hydrogens is 313 g/mol. The van der Waals surface area contributed by atoms with Gasteiger partial charge >= 0.3 is 0 Å². The summed E-state index contributed by atoms with van der Waals surface area (Å²) in [6.07, 6.45) is 0. The van der Waals surface area contributed by atoms with E-state index in [1.165, 1.54) is 17.8 Å². The standard InChI is InChI=1S/C18H20FNO2S/c1-12-8-9-17(22-3)16(10-12)20-18(21)11-23-13(2)14-6-4-5-7-15(14)19/h4-10,13H,11H2,1-3H3,(H,20,21). The van der Waals surface area contributed by atoms with Crippen molar-refractivity contribution in [3.63, 3.8) is 0 Å². The number of carbonyl (C=O) groups is 1. The Morgan fingerprint density at radius 3 is 2.74 bits per heavy atom. The van der Waals surface area contributed by atoms with Crippen LogP contribution in [0.2, 0.25) is 0 Å². The number of thioether (sulfide) groups is 1. The summed E-state index contributed by atoms with van der Waals surface area (Å²) in [5.41, 5.74) is 2.29. The fraction of sp³-hybridized carbons (Fsp3) is 0.278. The summed E-state index contributed by atoms with van der Waals surface area (Å²) in [7, 11) is 1.56. The number of nitrogens with one attached hydrogen (secondary N) is 1. The lowest BCUT2D eigenvalue weighted by Crippen LogP contribution is -2.15. The second-order valence-corrected chi connectivity index (χ2v) is 6.56. The maximum atomic E-state index is 13.7. The Balaban J connectivity index is 1.95. The van der Waals surface area contributed by atoms with Gasteiger partial charge in [0.2, 0.25) is 5.91 Å². The van der Waals surface area contributed by atoms with E-state index in [0.717, 1.165) is 5.56 Å². The zero-order chi connectivity index (χ0) is 16.8. The van der Waals surface area contributed by atoms with Gasteiger partial charge in [0.05, 0.1) is 18.6 Å². The highest BCUT2D eigenvalue weighted by atomic mass is 32.2. The number of methoxy groups -OCH3 is 1. The van der Waals surface area contributed by atoms with Crippen molar-refractivity contribution < 1.29 is 13.9 Å². The highest BCUT2D eigenvalue weighted by molar-refractivity contribution is 8.00. The molecule has 1 unspecified atom stereocenters. The third kappa shape index (κ3) is 4.73.